The van der Waals surface area contributed by atoms with Gasteiger partial charge in [0, 0.05) is 12.6 Å². The minimum absolute atomic E-state index is 0.00745. The third kappa shape index (κ3) is 3.81. The summed E-state index contributed by atoms with van der Waals surface area (Å²) >= 11 is 0. The highest BCUT2D eigenvalue weighted by atomic mass is 32.2. The molecule has 25 heavy (non-hydrogen) atoms. The lowest BCUT2D eigenvalue weighted by atomic mass is 9.48. The fraction of sp³-hybridized carbons (Fsp3) is 0.850. The van der Waals surface area contributed by atoms with Gasteiger partial charge >= 0.3 is 0 Å². The van der Waals surface area contributed by atoms with Crippen LogP contribution in [-0.4, -0.2) is 31.4 Å². The second kappa shape index (κ2) is 6.40. The van der Waals surface area contributed by atoms with Crippen LogP contribution in [0.4, 0.5) is 0 Å². The lowest BCUT2D eigenvalue weighted by Crippen LogP contribution is -2.46. The van der Waals surface area contributed by atoms with E-state index in [4.69, 9.17) is 0 Å². The monoisotopic (exact) mass is 367 g/mol. The number of nitrogens with one attached hydrogen (secondary N) is 1. The maximum atomic E-state index is 12.3. The van der Waals surface area contributed by atoms with Crippen LogP contribution in [-0.2, 0) is 14.6 Å². The van der Waals surface area contributed by atoms with Crippen molar-refractivity contribution in [2.24, 2.45) is 23.2 Å². The van der Waals surface area contributed by atoms with Crippen molar-refractivity contribution in [2.75, 3.05) is 12.3 Å². The van der Waals surface area contributed by atoms with Gasteiger partial charge < -0.3 is 5.32 Å². The van der Waals surface area contributed by atoms with Crippen LogP contribution >= 0.6 is 0 Å². The molecule has 0 aromatic rings. The van der Waals surface area contributed by atoms with E-state index in [9.17, 15) is 13.2 Å². The van der Waals surface area contributed by atoms with Gasteiger partial charge in [-0.3, -0.25) is 4.79 Å². The summed E-state index contributed by atoms with van der Waals surface area (Å²) in [5, 5.41) is 2.78. The Morgan fingerprint density at radius 3 is 2.00 bits per heavy atom. The molecule has 0 aromatic carbocycles. The molecule has 0 unspecified atom stereocenters. The molecule has 0 aliphatic heterocycles. The molecule has 0 heterocycles. The van der Waals surface area contributed by atoms with Crippen molar-refractivity contribution in [3.63, 3.8) is 0 Å². The minimum Gasteiger partial charge on any atom is -0.352 e. The first kappa shape index (κ1) is 18.9. The van der Waals surface area contributed by atoms with Gasteiger partial charge in [-0.05, 0) is 89.4 Å². The molecule has 0 radical (unpaired) electrons. The van der Waals surface area contributed by atoms with Gasteiger partial charge in [0.2, 0.25) is 5.91 Å². The first-order valence-corrected chi connectivity index (χ1v) is 11.3. The van der Waals surface area contributed by atoms with Crippen molar-refractivity contribution in [1.82, 2.24) is 5.32 Å². The number of hydrogen-bond donors (Lipinski definition) is 1. The topological polar surface area (TPSA) is 63.2 Å². The van der Waals surface area contributed by atoms with Crippen molar-refractivity contribution in [2.45, 2.75) is 71.0 Å². The summed E-state index contributed by atoms with van der Waals surface area (Å²) < 4.78 is 23.5. The third-order valence-electron chi connectivity index (χ3n) is 6.83. The summed E-state index contributed by atoms with van der Waals surface area (Å²) in [6, 6.07) is 0. The van der Waals surface area contributed by atoms with E-state index in [2.05, 4.69) is 12.2 Å². The quantitative estimate of drug-likeness (QED) is 0.757. The zero-order valence-corrected chi connectivity index (χ0v) is 16.9. The zero-order chi connectivity index (χ0) is 18.5. The van der Waals surface area contributed by atoms with Crippen LogP contribution in [0.3, 0.4) is 0 Å². The van der Waals surface area contributed by atoms with Crippen LogP contribution < -0.4 is 5.32 Å². The molecule has 4 aliphatic rings. The molecule has 4 rings (SSSR count). The summed E-state index contributed by atoms with van der Waals surface area (Å²) in [6.07, 6.45) is 9.65. The Balaban J connectivity index is 1.59. The number of rotatable bonds is 5. The van der Waals surface area contributed by atoms with Gasteiger partial charge in [-0.2, -0.15) is 0 Å². The van der Waals surface area contributed by atoms with Crippen molar-refractivity contribution >= 4 is 15.7 Å². The second-order valence-corrected chi connectivity index (χ2v) is 12.6. The Morgan fingerprint density at radius 2 is 1.56 bits per heavy atom. The average Bonchev–Trinajstić information content (AvgIpc) is 2.44. The molecule has 0 saturated heterocycles. The normalized spacial score (nSPS) is 35.0. The van der Waals surface area contributed by atoms with E-state index < -0.39 is 14.6 Å². The maximum Gasteiger partial charge on any atom is 0.243 e. The van der Waals surface area contributed by atoms with Crippen LogP contribution in [0, 0.1) is 23.2 Å². The molecular formula is C20H33NO3S. The Hall–Kier alpha value is -0.840. The highest BCUT2D eigenvalue weighted by Gasteiger charge is 2.51. The van der Waals surface area contributed by atoms with Gasteiger partial charge in [-0.1, -0.05) is 5.57 Å². The first-order valence-electron chi connectivity index (χ1n) is 9.70. The fourth-order valence-electron chi connectivity index (χ4n) is 5.61. The van der Waals surface area contributed by atoms with Crippen molar-refractivity contribution in [3.8, 4) is 0 Å². The molecule has 0 atom stereocenters. The van der Waals surface area contributed by atoms with Gasteiger partial charge in [-0.15, -0.1) is 0 Å². The van der Waals surface area contributed by atoms with Crippen LogP contribution in [0.1, 0.15) is 66.2 Å². The number of carbonyl (C=O) groups is 1. The molecule has 0 aromatic heterocycles. The summed E-state index contributed by atoms with van der Waals surface area (Å²) in [7, 11) is -3.19. The van der Waals surface area contributed by atoms with Crippen LogP contribution in [0.25, 0.3) is 0 Å². The zero-order valence-electron chi connectivity index (χ0n) is 16.1. The number of carbonyl (C=O) groups excluding carboxylic acids is 1. The SMILES string of the molecule is C/C(=C\C(=O)NCCS(=O)(=O)C(C)(C)C)C12CC3CC(CC(C3)C1)C2. The smallest absolute Gasteiger partial charge is 0.243 e. The summed E-state index contributed by atoms with van der Waals surface area (Å²) in [4.78, 5) is 12.3. The first-order chi connectivity index (χ1) is 11.5. The van der Waals surface area contributed by atoms with E-state index in [1.807, 2.05) is 0 Å². The van der Waals surface area contributed by atoms with E-state index in [1.165, 1.54) is 44.1 Å². The molecule has 4 nitrogen and oxygen atoms in total. The predicted molar refractivity (Wildman–Crippen MR) is 101 cm³/mol. The third-order valence-corrected chi connectivity index (χ3v) is 9.43. The van der Waals surface area contributed by atoms with Crippen molar-refractivity contribution in [3.05, 3.63) is 11.6 Å². The Kier molecular flexibility index (Phi) is 4.85. The van der Waals surface area contributed by atoms with E-state index >= 15 is 0 Å². The lowest BCUT2D eigenvalue weighted by Gasteiger charge is -2.57. The van der Waals surface area contributed by atoms with Crippen LogP contribution in [0.5, 0.6) is 0 Å². The second-order valence-electron chi connectivity index (χ2n) is 9.75. The highest BCUT2D eigenvalue weighted by Crippen LogP contribution is 2.62. The van der Waals surface area contributed by atoms with Gasteiger partial charge in [0.1, 0.15) is 0 Å². The molecule has 1 amide bonds. The van der Waals surface area contributed by atoms with Crippen molar-refractivity contribution < 1.29 is 13.2 Å². The van der Waals surface area contributed by atoms with Gasteiger partial charge in [0.25, 0.3) is 0 Å². The minimum atomic E-state index is -3.19. The van der Waals surface area contributed by atoms with E-state index in [-0.39, 0.29) is 23.6 Å². The fourth-order valence-corrected chi connectivity index (χ4v) is 6.59. The van der Waals surface area contributed by atoms with E-state index in [1.54, 1.807) is 26.8 Å². The molecule has 5 heteroatoms. The van der Waals surface area contributed by atoms with E-state index in [0.717, 1.165) is 17.8 Å². The van der Waals surface area contributed by atoms with E-state index in [0.29, 0.717) is 0 Å². The molecule has 4 fully saturated rings. The number of hydrogen-bond acceptors (Lipinski definition) is 3. The summed E-state index contributed by atoms with van der Waals surface area (Å²) in [6.45, 7) is 7.38. The lowest BCUT2D eigenvalue weighted by molar-refractivity contribution is -0.116. The summed E-state index contributed by atoms with van der Waals surface area (Å²) in [5.74, 6) is 2.42. The maximum absolute atomic E-state index is 12.3. The molecule has 4 saturated carbocycles. The molecule has 142 valence electrons. The number of sulfone groups is 1. The van der Waals surface area contributed by atoms with Crippen LogP contribution in [0.2, 0.25) is 0 Å². The van der Waals surface area contributed by atoms with Gasteiger partial charge in [0.15, 0.2) is 9.84 Å². The van der Waals surface area contributed by atoms with Crippen LogP contribution in [0.15, 0.2) is 11.6 Å². The standard InChI is InChI=1S/C20H33NO3S/c1-14(7-18(22)21-5-6-25(23,24)19(2,3)4)20-11-15-8-16(12-20)10-17(9-15)13-20/h7,15-17H,5-6,8-13H2,1-4H3,(H,21,22)/b14-7+. The molecule has 1 N–H and O–H groups in total. The molecule has 4 aliphatic carbocycles. The molecule has 0 spiro atoms. The number of allylic oxidation sites excluding steroid dienone is 1. The van der Waals surface area contributed by atoms with Gasteiger partial charge in [-0.25, -0.2) is 8.42 Å². The molecule has 4 bridgehead atoms. The Labute approximate surface area is 152 Å². The highest BCUT2D eigenvalue weighted by molar-refractivity contribution is 7.92. The Bertz CT molecular complexity index is 634. The largest absolute Gasteiger partial charge is 0.352 e. The summed E-state index contributed by atoms with van der Waals surface area (Å²) in [5.41, 5.74) is 1.45. The molecular weight excluding hydrogens is 334 g/mol. The average molecular weight is 368 g/mol. The van der Waals surface area contributed by atoms with Gasteiger partial charge in [0.05, 0.1) is 10.5 Å². The number of amides is 1. The Morgan fingerprint density at radius 1 is 1.08 bits per heavy atom. The van der Waals surface area contributed by atoms with Crippen molar-refractivity contribution in [1.29, 1.82) is 0 Å². The predicted octanol–water partition coefficient (Wildman–Crippen LogP) is 3.48.